The van der Waals surface area contributed by atoms with Crippen molar-refractivity contribution in [1.29, 1.82) is 0 Å². The first-order chi connectivity index (χ1) is 6.20. The summed E-state index contributed by atoms with van der Waals surface area (Å²) in [5, 5.41) is 10.7. The molecule has 0 atom stereocenters. The average molecular weight is 175 g/mol. The molecule has 1 aromatic carbocycles. The highest BCUT2D eigenvalue weighted by atomic mass is 16.4. The lowest BCUT2D eigenvalue weighted by Gasteiger charge is -1.96. The number of carboxylic acids is 1. The van der Waals surface area contributed by atoms with Gasteiger partial charge in [-0.15, -0.1) is 0 Å². The summed E-state index contributed by atoms with van der Waals surface area (Å²) in [4.78, 5) is 10.7. The predicted molar refractivity (Wildman–Crippen MR) is 46.0 cm³/mol. The molecule has 0 fully saturated rings. The van der Waals surface area contributed by atoms with E-state index in [1.807, 2.05) is 24.3 Å². The van der Waals surface area contributed by atoms with E-state index in [4.69, 9.17) is 0 Å². The van der Waals surface area contributed by atoms with Crippen molar-refractivity contribution in [3.05, 3.63) is 29.8 Å². The Bertz CT molecular complexity index is 407. The highest BCUT2D eigenvalue weighted by molar-refractivity contribution is 6.33. The fourth-order valence-corrected chi connectivity index (χ4v) is 1.64. The molecule has 3 nitrogen and oxygen atoms in total. The number of rotatable bonds is 1. The molecule has 0 saturated heterocycles. The molecule has 0 spiro atoms. The van der Waals surface area contributed by atoms with Crippen LogP contribution in [0.3, 0.4) is 0 Å². The molecule has 0 aliphatic carbocycles. The number of carboxylic acid groups (broad SMARTS) is 1. The van der Waals surface area contributed by atoms with Gasteiger partial charge in [-0.3, -0.25) is 0 Å². The van der Waals surface area contributed by atoms with Crippen LogP contribution in [0.25, 0.3) is 0 Å². The van der Waals surface area contributed by atoms with Crippen LogP contribution in [-0.4, -0.2) is 23.3 Å². The van der Waals surface area contributed by atoms with Crippen molar-refractivity contribution in [3.63, 3.8) is 0 Å². The second-order valence-corrected chi connectivity index (χ2v) is 3.10. The van der Waals surface area contributed by atoms with Gasteiger partial charge in [-0.1, -0.05) is 18.2 Å². The van der Waals surface area contributed by atoms with Crippen LogP contribution in [0.15, 0.2) is 24.3 Å². The Balaban J connectivity index is 2.53. The molecule has 1 aromatic rings. The summed E-state index contributed by atoms with van der Waals surface area (Å²) in [5.41, 5.74) is 2.34. The van der Waals surface area contributed by atoms with Crippen molar-refractivity contribution in [2.24, 2.45) is 0 Å². The van der Waals surface area contributed by atoms with Crippen LogP contribution in [-0.2, 0) is 11.2 Å². The first-order valence-corrected chi connectivity index (χ1v) is 4.09. The maximum atomic E-state index is 10.7. The highest BCUT2D eigenvalue weighted by Crippen LogP contribution is 2.24. The average Bonchev–Trinajstić information content (AvgIpc) is 2.45. The zero-order chi connectivity index (χ0) is 9.42. The number of hydrogen-bond acceptors (Lipinski definition) is 2. The zero-order valence-electron chi connectivity index (χ0n) is 7.28. The maximum Gasteiger partial charge on any atom is 0.209 e. The lowest BCUT2D eigenvalue weighted by molar-refractivity contribution is -0.406. The fraction of sp³-hybridized carbons (Fsp3) is 0.200. The number of carbonyl (C=O) groups excluding carboxylic acids is 1. The molecular weight excluding hydrogens is 166 g/mol. The van der Waals surface area contributed by atoms with Crippen molar-refractivity contribution in [2.75, 3.05) is 7.05 Å². The van der Waals surface area contributed by atoms with E-state index < -0.39 is 5.97 Å². The Morgan fingerprint density at radius 1 is 1.46 bits per heavy atom. The molecule has 1 aliphatic heterocycles. The van der Waals surface area contributed by atoms with Crippen molar-refractivity contribution in [2.45, 2.75) is 6.42 Å². The van der Waals surface area contributed by atoms with Crippen LogP contribution in [0.4, 0.5) is 5.69 Å². The van der Waals surface area contributed by atoms with Crippen LogP contribution in [0.5, 0.6) is 0 Å². The maximum absolute atomic E-state index is 10.7. The minimum atomic E-state index is -1.08. The summed E-state index contributed by atoms with van der Waals surface area (Å²) in [6.07, 6.45) is 0.467. The number of carbonyl (C=O) groups is 1. The summed E-state index contributed by atoms with van der Waals surface area (Å²) >= 11 is 0. The second-order valence-electron chi connectivity index (χ2n) is 3.10. The van der Waals surface area contributed by atoms with E-state index in [1.54, 1.807) is 11.6 Å². The predicted octanol–water partition coefficient (Wildman–Crippen LogP) is -0.293. The van der Waals surface area contributed by atoms with Crippen LogP contribution < -0.4 is 5.11 Å². The Labute approximate surface area is 75.9 Å². The van der Waals surface area contributed by atoms with Crippen LogP contribution >= 0.6 is 0 Å². The number of benzene rings is 1. The molecule has 66 valence electrons. The Hall–Kier alpha value is -1.64. The smallest absolute Gasteiger partial charge is 0.209 e. The number of aliphatic carboxylic acids is 1. The summed E-state index contributed by atoms with van der Waals surface area (Å²) in [6, 6.07) is 7.64. The SMILES string of the molecule is C[N+]1=C(C(=O)[O-])Cc2ccccc21. The number of fused-ring (bicyclic) bond motifs is 1. The molecule has 0 N–H and O–H groups in total. The van der Waals surface area contributed by atoms with E-state index in [2.05, 4.69) is 0 Å². The molecule has 1 aliphatic rings. The normalized spacial score (nSPS) is 14.5. The van der Waals surface area contributed by atoms with Gasteiger partial charge in [-0.2, -0.15) is 4.58 Å². The molecule has 13 heavy (non-hydrogen) atoms. The molecule has 0 unspecified atom stereocenters. The molecule has 0 aromatic heterocycles. The van der Waals surface area contributed by atoms with Gasteiger partial charge in [0, 0.05) is 11.6 Å². The van der Waals surface area contributed by atoms with E-state index in [0.717, 1.165) is 11.3 Å². The standard InChI is InChI=1S/C10H9NO2/c1-11-8-5-3-2-4-7(8)6-9(11)10(12)13/h2-5H,6H2,1H3. The van der Waals surface area contributed by atoms with Gasteiger partial charge in [0.1, 0.15) is 13.0 Å². The molecule has 3 heteroatoms. The first kappa shape index (κ1) is 7.98. The van der Waals surface area contributed by atoms with Gasteiger partial charge in [0.15, 0.2) is 0 Å². The monoisotopic (exact) mass is 175 g/mol. The molecule has 2 rings (SSSR count). The third-order valence-electron chi connectivity index (χ3n) is 2.35. The van der Waals surface area contributed by atoms with Crippen molar-refractivity contribution in [3.8, 4) is 0 Å². The van der Waals surface area contributed by atoms with Gasteiger partial charge in [0.25, 0.3) is 0 Å². The van der Waals surface area contributed by atoms with Crippen molar-refractivity contribution < 1.29 is 14.5 Å². The number of nitrogens with zero attached hydrogens (tertiary/aromatic N) is 1. The van der Waals surface area contributed by atoms with Gasteiger partial charge < -0.3 is 9.90 Å². The highest BCUT2D eigenvalue weighted by Gasteiger charge is 2.26. The van der Waals surface area contributed by atoms with Crippen LogP contribution in [0.1, 0.15) is 5.56 Å². The lowest BCUT2D eigenvalue weighted by Crippen LogP contribution is -2.35. The molecule has 0 saturated carbocycles. The van der Waals surface area contributed by atoms with Gasteiger partial charge in [0.05, 0.1) is 6.42 Å². The Morgan fingerprint density at radius 2 is 2.15 bits per heavy atom. The summed E-state index contributed by atoms with van der Waals surface area (Å²) in [7, 11) is 1.75. The third-order valence-corrected chi connectivity index (χ3v) is 2.35. The van der Waals surface area contributed by atoms with Gasteiger partial charge >= 0.3 is 0 Å². The van der Waals surface area contributed by atoms with E-state index >= 15 is 0 Å². The number of hydrogen-bond donors (Lipinski definition) is 0. The van der Waals surface area contributed by atoms with E-state index in [0.29, 0.717) is 12.1 Å². The van der Waals surface area contributed by atoms with E-state index in [1.165, 1.54) is 0 Å². The second kappa shape index (κ2) is 2.69. The van der Waals surface area contributed by atoms with Crippen LogP contribution in [0.2, 0.25) is 0 Å². The first-order valence-electron chi connectivity index (χ1n) is 4.09. The van der Waals surface area contributed by atoms with E-state index in [9.17, 15) is 9.90 Å². The molecular formula is C10H9NO2. The molecule has 0 bridgehead atoms. The Kier molecular flexibility index (Phi) is 1.65. The van der Waals surface area contributed by atoms with Crippen molar-refractivity contribution in [1.82, 2.24) is 0 Å². The Morgan fingerprint density at radius 3 is 2.77 bits per heavy atom. The summed E-state index contributed by atoms with van der Waals surface area (Å²) in [5.74, 6) is -1.08. The third kappa shape index (κ3) is 1.13. The largest absolute Gasteiger partial charge is 0.540 e. The van der Waals surface area contributed by atoms with Crippen molar-refractivity contribution >= 4 is 17.4 Å². The molecule has 1 heterocycles. The minimum absolute atomic E-state index is 0.334. The molecule has 0 radical (unpaired) electrons. The van der Waals surface area contributed by atoms with Gasteiger partial charge in [-0.25, -0.2) is 0 Å². The quantitative estimate of drug-likeness (QED) is 0.550. The van der Waals surface area contributed by atoms with Gasteiger partial charge in [0.2, 0.25) is 11.4 Å². The zero-order valence-corrected chi connectivity index (χ0v) is 7.28. The summed E-state index contributed by atoms with van der Waals surface area (Å²) < 4.78 is 1.67. The topological polar surface area (TPSA) is 43.1 Å². The summed E-state index contributed by atoms with van der Waals surface area (Å²) in [6.45, 7) is 0. The van der Waals surface area contributed by atoms with Crippen LogP contribution in [0, 0.1) is 0 Å². The lowest BCUT2D eigenvalue weighted by atomic mass is 10.1. The van der Waals surface area contributed by atoms with Gasteiger partial charge in [-0.05, 0) is 0 Å². The van der Waals surface area contributed by atoms with E-state index in [-0.39, 0.29) is 0 Å². The number of para-hydroxylation sites is 1. The fourth-order valence-electron chi connectivity index (χ4n) is 1.64. The minimum Gasteiger partial charge on any atom is -0.540 e. The molecule has 0 amide bonds.